The summed E-state index contributed by atoms with van der Waals surface area (Å²) in [5, 5.41) is 7.71. The number of nitrogens with one attached hydrogen (secondary N) is 1. The standard InChI is InChI=1S/C18H16N2O2/c1-21-15-9-5-8-13(18(15)22-2)17-14-10-11-6-3-4-7-12(11)16(14)19-20-17/h3-9H,10H2,1-2H3,(H,19,20). The molecule has 0 radical (unpaired) electrons. The van der Waals surface area contributed by atoms with Crippen LogP contribution in [0.3, 0.4) is 0 Å². The molecular weight excluding hydrogens is 276 g/mol. The smallest absolute Gasteiger partial charge is 0.170 e. The molecule has 0 bridgehead atoms. The number of aromatic nitrogens is 2. The van der Waals surface area contributed by atoms with E-state index in [0.717, 1.165) is 29.1 Å². The van der Waals surface area contributed by atoms with Gasteiger partial charge in [-0.15, -0.1) is 0 Å². The van der Waals surface area contributed by atoms with Crippen molar-refractivity contribution < 1.29 is 9.47 Å². The second-order valence-electron chi connectivity index (χ2n) is 5.30. The first kappa shape index (κ1) is 13.0. The summed E-state index contributed by atoms with van der Waals surface area (Å²) in [4.78, 5) is 0. The van der Waals surface area contributed by atoms with Crippen molar-refractivity contribution >= 4 is 0 Å². The summed E-state index contributed by atoms with van der Waals surface area (Å²) >= 11 is 0. The molecule has 110 valence electrons. The Hall–Kier alpha value is -2.75. The van der Waals surface area contributed by atoms with E-state index in [1.54, 1.807) is 14.2 Å². The van der Waals surface area contributed by atoms with E-state index in [1.165, 1.54) is 16.7 Å². The van der Waals surface area contributed by atoms with Crippen LogP contribution in [0, 0.1) is 0 Å². The SMILES string of the molecule is COc1cccc(-c2n[nH]c3c2Cc2ccccc2-3)c1OC. The lowest BCUT2D eigenvalue weighted by atomic mass is 10.0. The molecule has 0 atom stereocenters. The third-order valence-electron chi connectivity index (χ3n) is 4.18. The Morgan fingerprint density at radius 2 is 1.77 bits per heavy atom. The maximum atomic E-state index is 5.55. The lowest BCUT2D eigenvalue weighted by Crippen LogP contribution is -1.95. The summed E-state index contributed by atoms with van der Waals surface area (Å²) in [5.74, 6) is 1.43. The zero-order valence-corrected chi connectivity index (χ0v) is 12.5. The van der Waals surface area contributed by atoms with Crippen LogP contribution >= 0.6 is 0 Å². The summed E-state index contributed by atoms with van der Waals surface area (Å²) in [6.07, 6.45) is 0.887. The van der Waals surface area contributed by atoms with E-state index in [-0.39, 0.29) is 0 Å². The highest BCUT2D eigenvalue weighted by Gasteiger charge is 2.26. The van der Waals surface area contributed by atoms with E-state index in [0.29, 0.717) is 5.75 Å². The first-order chi connectivity index (χ1) is 10.8. The molecule has 1 N–H and O–H groups in total. The van der Waals surface area contributed by atoms with Crippen molar-refractivity contribution in [3.63, 3.8) is 0 Å². The Balaban J connectivity index is 1.89. The lowest BCUT2D eigenvalue weighted by Gasteiger charge is -2.11. The summed E-state index contributed by atoms with van der Waals surface area (Å²) in [6, 6.07) is 14.3. The number of ether oxygens (including phenoxy) is 2. The quantitative estimate of drug-likeness (QED) is 0.627. The maximum Gasteiger partial charge on any atom is 0.170 e. The highest BCUT2D eigenvalue weighted by atomic mass is 16.5. The summed E-state index contributed by atoms with van der Waals surface area (Å²) < 4.78 is 10.9. The number of hydrogen-bond donors (Lipinski definition) is 1. The molecule has 1 heterocycles. The Morgan fingerprint density at radius 1 is 0.955 bits per heavy atom. The maximum absolute atomic E-state index is 5.55. The zero-order chi connectivity index (χ0) is 15.1. The first-order valence-corrected chi connectivity index (χ1v) is 7.20. The molecule has 0 saturated heterocycles. The Morgan fingerprint density at radius 3 is 2.59 bits per heavy atom. The van der Waals surface area contributed by atoms with Gasteiger partial charge < -0.3 is 9.47 Å². The minimum Gasteiger partial charge on any atom is -0.493 e. The van der Waals surface area contributed by atoms with E-state index in [4.69, 9.17) is 9.47 Å². The molecule has 1 aliphatic rings. The van der Waals surface area contributed by atoms with Crippen molar-refractivity contribution in [3.05, 3.63) is 53.6 Å². The number of hydrogen-bond acceptors (Lipinski definition) is 3. The van der Waals surface area contributed by atoms with Gasteiger partial charge in [-0.05, 0) is 17.7 Å². The van der Waals surface area contributed by atoms with Crippen LogP contribution in [0.25, 0.3) is 22.5 Å². The van der Waals surface area contributed by atoms with E-state index in [1.807, 2.05) is 18.2 Å². The van der Waals surface area contributed by atoms with Gasteiger partial charge >= 0.3 is 0 Å². The summed E-state index contributed by atoms with van der Waals surface area (Å²) in [5.41, 5.74) is 6.77. The Labute approximate surface area is 128 Å². The number of nitrogens with zero attached hydrogens (tertiary/aromatic N) is 1. The van der Waals surface area contributed by atoms with Crippen molar-refractivity contribution in [3.8, 4) is 34.0 Å². The molecule has 0 amide bonds. The van der Waals surface area contributed by atoms with Gasteiger partial charge in [-0.2, -0.15) is 5.10 Å². The average molecular weight is 292 g/mol. The van der Waals surface area contributed by atoms with Crippen molar-refractivity contribution in [2.45, 2.75) is 6.42 Å². The predicted molar refractivity (Wildman–Crippen MR) is 85.4 cm³/mol. The second-order valence-corrected chi connectivity index (χ2v) is 5.30. The van der Waals surface area contributed by atoms with Crippen LogP contribution in [-0.4, -0.2) is 24.4 Å². The average Bonchev–Trinajstić information content (AvgIpc) is 3.12. The molecule has 0 saturated carbocycles. The predicted octanol–water partition coefficient (Wildman–Crippen LogP) is 3.67. The molecule has 3 aromatic rings. The Kier molecular flexibility index (Phi) is 2.89. The van der Waals surface area contributed by atoms with E-state index in [9.17, 15) is 0 Å². The molecular formula is C18H16N2O2. The van der Waals surface area contributed by atoms with Crippen LogP contribution in [0.5, 0.6) is 11.5 Å². The van der Waals surface area contributed by atoms with Gasteiger partial charge in [0.2, 0.25) is 0 Å². The fourth-order valence-electron chi connectivity index (χ4n) is 3.17. The number of fused-ring (bicyclic) bond motifs is 3. The third-order valence-corrected chi connectivity index (χ3v) is 4.18. The van der Waals surface area contributed by atoms with Crippen molar-refractivity contribution in [2.75, 3.05) is 14.2 Å². The van der Waals surface area contributed by atoms with Gasteiger partial charge in [-0.3, -0.25) is 5.10 Å². The molecule has 0 unspecified atom stereocenters. The molecule has 0 spiro atoms. The highest BCUT2D eigenvalue weighted by Crippen LogP contribution is 2.44. The molecule has 0 fully saturated rings. The fourth-order valence-corrected chi connectivity index (χ4v) is 3.17. The summed E-state index contributed by atoms with van der Waals surface area (Å²) in [7, 11) is 3.30. The van der Waals surface area contributed by atoms with Gasteiger partial charge in [0.15, 0.2) is 11.5 Å². The minimum atomic E-state index is 0.715. The topological polar surface area (TPSA) is 47.1 Å². The number of para-hydroxylation sites is 1. The first-order valence-electron chi connectivity index (χ1n) is 7.20. The van der Waals surface area contributed by atoms with E-state index < -0.39 is 0 Å². The van der Waals surface area contributed by atoms with Gasteiger partial charge in [0.25, 0.3) is 0 Å². The van der Waals surface area contributed by atoms with Gasteiger partial charge in [-0.1, -0.05) is 30.3 Å². The van der Waals surface area contributed by atoms with Crippen LogP contribution in [0.2, 0.25) is 0 Å². The summed E-state index contributed by atoms with van der Waals surface area (Å²) in [6.45, 7) is 0. The third kappa shape index (κ3) is 1.73. The fraction of sp³-hybridized carbons (Fsp3) is 0.167. The lowest BCUT2D eigenvalue weighted by molar-refractivity contribution is 0.356. The number of aromatic amines is 1. The van der Waals surface area contributed by atoms with Crippen LogP contribution < -0.4 is 9.47 Å². The number of methoxy groups -OCH3 is 2. The van der Waals surface area contributed by atoms with Crippen molar-refractivity contribution in [1.29, 1.82) is 0 Å². The molecule has 4 rings (SSSR count). The zero-order valence-electron chi connectivity index (χ0n) is 12.5. The molecule has 1 aliphatic carbocycles. The van der Waals surface area contributed by atoms with E-state index >= 15 is 0 Å². The van der Waals surface area contributed by atoms with Crippen LogP contribution in [-0.2, 0) is 6.42 Å². The van der Waals surface area contributed by atoms with Crippen molar-refractivity contribution in [1.82, 2.24) is 10.2 Å². The normalized spacial score (nSPS) is 11.9. The monoisotopic (exact) mass is 292 g/mol. The van der Waals surface area contributed by atoms with E-state index in [2.05, 4.69) is 34.5 Å². The molecule has 22 heavy (non-hydrogen) atoms. The molecule has 4 heteroatoms. The molecule has 0 aliphatic heterocycles. The second kappa shape index (κ2) is 4.91. The van der Waals surface area contributed by atoms with Crippen molar-refractivity contribution in [2.24, 2.45) is 0 Å². The number of benzene rings is 2. The number of rotatable bonds is 3. The highest BCUT2D eigenvalue weighted by molar-refractivity contribution is 5.83. The van der Waals surface area contributed by atoms with Gasteiger partial charge in [-0.25, -0.2) is 0 Å². The van der Waals surface area contributed by atoms with Gasteiger partial charge in [0.1, 0.15) is 5.69 Å². The Bertz CT molecular complexity index is 852. The van der Waals surface area contributed by atoms with Crippen LogP contribution in [0.1, 0.15) is 11.1 Å². The van der Waals surface area contributed by atoms with Gasteiger partial charge in [0, 0.05) is 23.1 Å². The minimum absolute atomic E-state index is 0.715. The molecule has 4 nitrogen and oxygen atoms in total. The molecule has 1 aromatic heterocycles. The van der Waals surface area contributed by atoms with Crippen LogP contribution in [0.4, 0.5) is 0 Å². The largest absolute Gasteiger partial charge is 0.493 e. The number of H-pyrrole nitrogens is 1. The molecule has 2 aromatic carbocycles. The van der Waals surface area contributed by atoms with Gasteiger partial charge in [0.05, 0.1) is 19.9 Å². The van der Waals surface area contributed by atoms with Crippen LogP contribution in [0.15, 0.2) is 42.5 Å².